The first kappa shape index (κ1) is 74.1. The van der Waals surface area contributed by atoms with Crippen LogP contribution < -0.4 is 16.0 Å². The molecule has 0 spiro atoms. The summed E-state index contributed by atoms with van der Waals surface area (Å²) in [6, 6.07) is 16.1. The van der Waals surface area contributed by atoms with Crippen molar-refractivity contribution in [1.29, 1.82) is 0 Å². The first-order valence-corrected chi connectivity index (χ1v) is 39.5. The van der Waals surface area contributed by atoms with Gasteiger partial charge in [-0.1, -0.05) is 106 Å². The molecule has 0 aliphatic carbocycles. The lowest BCUT2D eigenvalue weighted by atomic mass is 9.92. The quantitative estimate of drug-likeness (QED) is 0.0843. The number of thioether (sulfide) groups is 2. The summed E-state index contributed by atoms with van der Waals surface area (Å²) in [5, 5.41) is 11.0. The molecule has 2 aromatic carbocycles. The lowest BCUT2D eigenvalue weighted by Gasteiger charge is -2.38. The molecule has 0 radical (unpaired) electrons. The van der Waals surface area contributed by atoms with Gasteiger partial charge in [-0.2, -0.15) is 0 Å². The van der Waals surface area contributed by atoms with Crippen LogP contribution in [-0.4, -0.2) is 194 Å². The number of carbonyl (C=O) groups is 7. The Morgan fingerprint density at radius 3 is 1.36 bits per heavy atom. The van der Waals surface area contributed by atoms with Crippen molar-refractivity contribution in [3.63, 3.8) is 0 Å². The van der Waals surface area contributed by atoms with Gasteiger partial charge in [0.15, 0.2) is 0 Å². The SMILES string of the molecule is CC(C)(C)CCN1C(=O)[C@H](CC(=O)N2CCC(N3CCc4ccccc4NC3=O)CC2)SC1c1cnc(C2CCNCC2)s1.CC(C)C=O.CC(C)CN1CCC(c2ncc(C3S[C@@H](CC(=O)N4CCC(N5CCc6ccccc6NC5=O)CC4)C(=O)N3CCC(C)(C)C)s2)CC1. The van der Waals surface area contributed by atoms with Crippen molar-refractivity contribution >= 4 is 99.5 Å². The highest BCUT2D eigenvalue weighted by atomic mass is 32.2. The number of anilines is 2. The van der Waals surface area contributed by atoms with E-state index < -0.39 is 0 Å². The number of nitrogens with one attached hydrogen (secondary N) is 3. The van der Waals surface area contributed by atoms with E-state index in [1.54, 1.807) is 46.2 Å². The fraction of sp³-hybridized carbons (Fsp3) is 0.662. The Bertz CT molecular complexity index is 3320. The Balaban J connectivity index is 0.000000198. The van der Waals surface area contributed by atoms with Crippen molar-refractivity contribution in [2.45, 2.75) is 204 Å². The minimum atomic E-state index is -0.389. The average molecular weight is 1410 g/mol. The normalized spacial score (nSPS) is 22.9. The molecule has 19 nitrogen and oxygen atoms in total. The van der Waals surface area contributed by atoms with Crippen molar-refractivity contribution in [2.24, 2.45) is 22.7 Å². The zero-order valence-corrected chi connectivity index (χ0v) is 62.5. The fourth-order valence-electron chi connectivity index (χ4n) is 14.3. The van der Waals surface area contributed by atoms with Crippen molar-refractivity contribution < 1.29 is 33.6 Å². The number of nitrogens with zero attached hydrogens (tertiary/aromatic N) is 9. The molecule has 4 aromatic rings. The summed E-state index contributed by atoms with van der Waals surface area (Å²) in [4.78, 5) is 117. The van der Waals surface area contributed by atoms with E-state index in [0.29, 0.717) is 70.1 Å². The first-order valence-electron chi connectivity index (χ1n) is 36.0. The molecule has 4 atom stereocenters. The first-order chi connectivity index (χ1) is 46.4. The van der Waals surface area contributed by atoms with Gasteiger partial charge >= 0.3 is 12.1 Å². The van der Waals surface area contributed by atoms with Gasteiger partial charge < -0.3 is 55.0 Å². The number of thiazole rings is 2. The number of hydrogen-bond acceptors (Lipinski definition) is 15. The third-order valence-corrected chi connectivity index (χ3v) is 25.7. The number of para-hydroxylation sites is 2. The number of rotatable bonds is 17. The highest BCUT2D eigenvalue weighted by Crippen LogP contribution is 2.50. The molecule has 10 heterocycles. The van der Waals surface area contributed by atoms with E-state index in [0.717, 1.165) is 148 Å². The van der Waals surface area contributed by atoms with E-state index in [1.165, 1.54) is 10.0 Å². The second-order valence-corrected chi connectivity index (χ2v) is 35.7. The van der Waals surface area contributed by atoms with Gasteiger partial charge in [-0.3, -0.25) is 19.2 Å². The van der Waals surface area contributed by atoms with Crippen LogP contribution in [0, 0.1) is 22.7 Å². The van der Waals surface area contributed by atoms with E-state index in [9.17, 15) is 33.6 Å². The van der Waals surface area contributed by atoms with Crippen molar-refractivity contribution in [2.75, 3.05) is 95.7 Å². The Kier molecular flexibility index (Phi) is 25.8. The lowest BCUT2D eigenvalue weighted by molar-refractivity contribution is -0.137. The van der Waals surface area contributed by atoms with Gasteiger partial charge in [0.25, 0.3) is 0 Å². The Hall–Kier alpha value is -5.59. The summed E-state index contributed by atoms with van der Waals surface area (Å²) in [7, 11) is 0. The van der Waals surface area contributed by atoms with Crippen LogP contribution in [0.4, 0.5) is 21.0 Å². The number of amides is 8. The van der Waals surface area contributed by atoms with Gasteiger partial charge in [-0.05, 0) is 143 Å². The van der Waals surface area contributed by atoms with E-state index in [2.05, 4.69) is 88.4 Å². The maximum Gasteiger partial charge on any atom is 0.322 e. The van der Waals surface area contributed by atoms with Crippen LogP contribution in [0.3, 0.4) is 0 Å². The molecule has 2 unspecified atom stereocenters. The van der Waals surface area contributed by atoms with Crippen LogP contribution in [0.1, 0.15) is 200 Å². The van der Waals surface area contributed by atoms with Crippen LogP contribution in [0.2, 0.25) is 0 Å². The van der Waals surface area contributed by atoms with Gasteiger partial charge in [0.2, 0.25) is 23.6 Å². The summed E-state index contributed by atoms with van der Waals surface area (Å²) in [6.45, 7) is 32.1. The molecule has 12 rings (SSSR count). The van der Waals surface area contributed by atoms with Gasteiger partial charge in [-0.15, -0.1) is 46.2 Å². The Morgan fingerprint density at radius 1 is 0.567 bits per heavy atom. The summed E-state index contributed by atoms with van der Waals surface area (Å²) in [6.07, 6.45) is 16.2. The summed E-state index contributed by atoms with van der Waals surface area (Å²) in [5.41, 5.74) is 4.31. The highest BCUT2D eigenvalue weighted by molar-refractivity contribution is 8.01. The molecule has 0 bridgehead atoms. The number of fused-ring (bicyclic) bond motifs is 2. The molecular weight excluding hydrogens is 1300 g/mol. The molecule has 23 heteroatoms. The van der Waals surface area contributed by atoms with E-state index in [4.69, 9.17) is 9.97 Å². The third-order valence-electron chi connectivity index (χ3n) is 20.1. The lowest BCUT2D eigenvalue weighted by Crippen LogP contribution is -2.50. The van der Waals surface area contributed by atoms with Crippen LogP contribution >= 0.6 is 46.2 Å². The number of benzene rings is 2. The molecule has 6 fully saturated rings. The van der Waals surface area contributed by atoms with E-state index in [-0.39, 0.29) is 98.6 Å². The highest BCUT2D eigenvalue weighted by Gasteiger charge is 2.46. The molecule has 8 aliphatic rings. The molecule has 0 saturated carbocycles. The maximum absolute atomic E-state index is 13.9. The average Bonchev–Trinajstić information content (AvgIpc) is 1.67. The molecule has 8 amide bonds. The topological polar surface area (TPSA) is 204 Å². The molecule has 3 N–H and O–H groups in total. The number of piperidine rings is 4. The minimum absolute atomic E-state index is 0.0399. The van der Waals surface area contributed by atoms with Crippen LogP contribution in [-0.2, 0) is 36.8 Å². The molecule has 8 aliphatic heterocycles. The molecule has 6 saturated heterocycles. The zero-order chi connectivity index (χ0) is 69.1. The minimum Gasteiger partial charge on any atom is -0.342 e. The zero-order valence-electron chi connectivity index (χ0n) is 59.2. The van der Waals surface area contributed by atoms with Crippen molar-refractivity contribution in [1.82, 2.24) is 49.6 Å². The number of likely N-dealkylation sites (tertiary alicyclic amines) is 3. The predicted molar refractivity (Wildman–Crippen MR) is 393 cm³/mol. The standard InChI is InChI=1S/C37H54N6O3S2.C33H46N6O3S2.C4H8O/c1-25(2)24-40-16-10-27(11-17-40)33-38-23-31(47-33)35-43(21-15-37(3,4)5)34(45)30(48-35)22-32(44)41-18-13-28(14-19-41)42-20-12-26-8-6-7-9-29(26)39-36(42)46;1-33(2,3)13-19-39-30(41)26(44-31(39)27-21-35-29(43-27)23-8-14-34-15-9-23)20-28(40)37-16-11-24(12-17-37)38-18-10-22-6-4-5-7-25(22)36-32(38)42;1-4(2)3-5/h6-9,23,25,27-28,30,35H,10-22,24H2,1-5H3,(H,39,46);4-7,21,23-24,26,31,34H,8-20H2,1-3H3,(H,36,42);3-4H,1-2H3/t30-,35?;26-,31?;/m00./s1. The number of aromatic nitrogens is 2. The molecule has 530 valence electrons. The summed E-state index contributed by atoms with van der Waals surface area (Å²) in [5.74, 6) is 2.08. The van der Waals surface area contributed by atoms with Gasteiger partial charge in [0.05, 0.1) is 30.3 Å². The summed E-state index contributed by atoms with van der Waals surface area (Å²) >= 11 is 6.79. The van der Waals surface area contributed by atoms with E-state index in [1.807, 2.05) is 92.0 Å². The predicted octanol–water partition coefficient (Wildman–Crippen LogP) is 13.1. The number of carbonyl (C=O) groups excluding carboxylic acids is 7. The van der Waals surface area contributed by atoms with Crippen LogP contribution in [0.5, 0.6) is 0 Å². The Morgan fingerprint density at radius 2 is 0.969 bits per heavy atom. The van der Waals surface area contributed by atoms with Crippen LogP contribution in [0.15, 0.2) is 60.9 Å². The van der Waals surface area contributed by atoms with E-state index >= 15 is 0 Å². The number of urea groups is 2. The monoisotopic (exact) mass is 1400 g/mol. The van der Waals surface area contributed by atoms with Gasteiger partial charge in [0.1, 0.15) is 17.0 Å². The van der Waals surface area contributed by atoms with Crippen molar-refractivity contribution in [3.8, 4) is 0 Å². The van der Waals surface area contributed by atoms with Crippen LogP contribution in [0.25, 0.3) is 0 Å². The molecule has 97 heavy (non-hydrogen) atoms. The van der Waals surface area contributed by atoms with Gasteiger partial charge in [0, 0.05) is 125 Å². The maximum atomic E-state index is 13.9. The second kappa shape index (κ2) is 33.7. The number of hydrogen-bond donors (Lipinski definition) is 3. The second-order valence-electron chi connectivity index (χ2n) is 30.9. The largest absolute Gasteiger partial charge is 0.342 e. The third kappa shape index (κ3) is 19.9. The molecular formula is C74H108N12O7S4. The molecule has 2 aromatic heterocycles. The summed E-state index contributed by atoms with van der Waals surface area (Å²) < 4.78 is 0. The smallest absolute Gasteiger partial charge is 0.322 e. The Labute approximate surface area is 593 Å². The number of aldehydes is 1. The van der Waals surface area contributed by atoms with Crippen molar-refractivity contribution in [3.05, 3.63) is 91.8 Å². The fourth-order valence-corrected chi connectivity index (χ4v) is 19.8. The van der Waals surface area contributed by atoms with Gasteiger partial charge in [-0.25, -0.2) is 19.6 Å².